The molecule has 1 atom stereocenters. The molecule has 0 saturated carbocycles. The molecular formula is C25H34N2O3. The van der Waals surface area contributed by atoms with Gasteiger partial charge in [0.15, 0.2) is 0 Å². The van der Waals surface area contributed by atoms with Gasteiger partial charge >= 0.3 is 0 Å². The third-order valence-corrected chi connectivity index (χ3v) is 5.33. The van der Waals surface area contributed by atoms with Crippen LogP contribution in [0.25, 0.3) is 0 Å². The summed E-state index contributed by atoms with van der Waals surface area (Å²) in [5.74, 6) is 0.541. The maximum atomic E-state index is 13.3. The van der Waals surface area contributed by atoms with Crippen LogP contribution in [-0.4, -0.2) is 36.4 Å². The summed E-state index contributed by atoms with van der Waals surface area (Å²) in [6.45, 7) is 8.88. The van der Waals surface area contributed by atoms with Crippen molar-refractivity contribution in [2.24, 2.45) is 0 Å². The molecule has 5 nitrogen and oxygen atoms in total. The highest BCUT2D eigenvalue weighted by molar-refractivity contribution is 5.88. The average molecular weight is 411 g/mol. The Morgan fingerprint density at radius 1 is 1.13 bits per heavy atom. The van der Waals surface area contributed by atoms with Crippen LogP contribution < -0.4 is 10.1 Å². The molecule has 0 fully saturated rings. The van der Waals surface area contributed by atoms with Gasteiger partial charge in [-0.3, -0.25) is 9.59 Å². The molecule has 2 aromatic rings. The number of hydrogen-bond acceptors (Lipinski definition) is 3. The van der Waals surface area contributed by atoms with Crippen molar-refractivity contribution in [1.29, 1.82) is 0 Å². The molecule has 0 spiro atoms. The van der Waals surface area contributed by atoms with Crippen LogP contribution in [0.5, 0.6) is 5.75 Å². The lowest BCUT2D eigenvalue weighted by atomic mass is 10.0. The molecule has 5 heteroatoms. The van der Waals surface area contributed by atoms with E-state index in [1.54, 1.807) is 18.9 Å². The number of hydrogen-bond donors (Lipinski definition) is 1. The molecule has 2 amide bonds. The molecule has 0 aliphatic heterocycles. The normalized spacial score (nSPS) is 11.6. The van der Waals surface area contributed by atoms with Gasteiger partial charge in [-0.15, -0.1) is 0 Å². The third kappa shape index (κ3) is 6.61. The highest BCUT2D eigenvalue weighted by Crippen LogP contribution is 2.18. The van der Waals surface area contributed by atoms with E-state index in [2.05, 4.69) is 12.2 Å². The minimum absolute atomic E-state index is 0.0651. The fourth-order valence-corrected chi connectivity index (χ4v) is 3.34. The summed E-state index contributed by atoms with van der Waals surface area (Å²) in [6.07, 6.45) is 2.20. The number of nitrogens with zero attached hydrogens (tertiary/aromatic N) is 1. The van der Waals surface area contributed by atoms with Crippen molar-refractivity contribution in [3.05, 3.63) is 64.7 Å². The Balaban J connectivity index is 2.25. The maximum Gasteiger partial charge on any atom is 0.242 e. The van der Waals surface area contributed by atoms with Crippen LogP contribution in [0, 0.1) is 13.8 Å². The minimum Gasteiger partial charge on any atom is -0.497 e. The van der Waals surface area contributed by atoms with Gasteiger partial charge in [-0.05, 0) is 56.0 Å². The Kier molecular flexibility index (Phi) is 8.90. The van der Waals surface area contributed by atoms with Crippen LogP contribution >= 0.6 is 0 Å². The van der Waals surface area contributed by atoms with E-state index >= 15 is 0 Å². The first-order valence-electron chi connectivity index (χ1n) is 10.6. The molecule has 0 bridgehead atoms. The number of ether oxygens (including phenoxy) is 1. The Hall–Kier alpha value is -2.82. The Morgan fingerprint density at radius 2 is 1.90 bits per heavy atom. The predicted molar refractivity (Wildman–Crippen MR) is 121 cm³/mol. The van der Waals surface area contributed by atoms with E-state index in [4.69, 9.17) is 4.74 Å². The van der Waals surface area contributed by atoms with Crippen molar-refractivity contribution < 1.29 is 14.3 Å². The predicted octanol–water partition coefficient (Wildman–Crippen LogP) is 4.19. The SMILES string of the molecule is CCCCNC(=O)[C@H](C)N(Cc1cccc(OC)c1)C(=O)Cc1cc(C)ccc1C. The van der Waals surface area contributed by atoms with Gasteiger partial charge in [-0.1, -0.05) is 49.2 Å². The quantitative estimate of drug-likeness (QED) is 0.598. The summed E-state index contributed by atoms with van der Waals surface area (Å²) in [5.41, 5.74) is 4.12. The molecule has 162 valence electrons. The molecule has 30 heavy (non-hydrogen) atoms. The lowest BCUT2D eigenvalue weighted by Gasteiger charge is -2.29. The van der Waals surface area contributed by atoms with Crippen LogP contribution in [0.2, 0.25) is 0 Å². The van der Waals surface area contributed by atoms with Crippen LogP contribution in [0.3, 0.4) is 0 Å². The molecule has 0 aromatic heterocycles. The summed E-state index contributed by atoms with van der Waals surface area (Å²) in [4.78, 5) is 27.7. The first-order valence-corrected chi connectivity index (χ1v) is 10.6. The Bertz CT molecular complexity index is 863. The molecule has 0 aliphatic carbocycles. The molecule has 1 N–H and O–H groups in total. The second-order valence-electron chi connectivity index (χ2n) is 7.80. The summed E-state index contributed by atoms with van der Waals surface area (Å²) in [6, 6.07) is 13.2. The number of benzene rings is 2. The molecule has 0 heterocycles. The standard InChI is InChI=1S/C25H34N2O3/c1-6-7-13-26-25(29)20(4)27(17-21-9-8-10-23(15-21)30-5)24(28)16-22-14-18(2)11-12-19(22)3/h8-12,14-15,20H,6-7,13,16-17H2,1-5H3,(H,26,29)/t20-/m0/s1. The lowest BCUT2D eigenvalue weighted by Crippen LogP contribution is -2.48. The Labute approximate surface area is 180 Å². The Morgan fingerprint density at radius 3 is 2.60 bits per heavy atom. The van der Waals surface area contributed by atoms with Crippen molar-refractivity contribution in [3.63, 3.8) is 0 Å². The summed E-state index contributed by atoms with van der Waals surface area (Å²) in [7, 11) is 1.62. The minimum atomic E-state index is -0.564. The number of carbonyl (C=O) groups is 2. The van der Waals surface area contributed by atoms with Gasteiger partial charge in [0.05, 0.1) is 13.5 Å². The average Bonchev–Trinajstić information content (AvgIpc) is 2.74. The zero-order valence-electron chi connectivity index (χ0n) is 18.8. The number of nitrogens with one attached hydrogen (secondary N) is 1. The fourth-order valence-electron chi connectivity index (χ4n) is 3.34. The fraction of sp³-hybridized carbons (Fsp3) is 0.440. The topological polar surface area (TPSA) is 58.6 Å². The van der Waals surface area contributed by atoms with E-state index < -0.39 is 6.04 Å². The largest absolute Gasteiger partial charge is 0.497 e. The van der Waals surface area contributed by atoms with Gasteiger partial charge in [0, 0.05) is 13.1 Å². The van der Waals surface area contributed by atoms with E-state index in [0.717, 1.165) is 40.8 Å². The number of amides is 2. The first-order chi connectivity index (χ1) is 14.3. The second-order valence-corrected chi connectivity index (χ2v) is 7.80. The van der Waals surface area contributed by atoms with E-state index in [1.807, 2.05) is 56.3 Å². The zero-order valence-corrected chi connectivity index (χ0v) is 18.8. The van der Waals surface area contributed by atoms with Gasteiger partial charge < -0.3 is 15.0 Å². The van der Waals surface area contributed by atoms with Crippen molar-refractivity contribution in [3.8, 4) is 5.75 Å². The zero-order chi connectivity index (χ0) is 22.1. The smallest absolute Gasteiger partial charge is 0.242 e. The number of unbranched alkanes of at least 4 members (excludes halogenated alkanes) is 1. The summed E-state index contributed by atoms with van der Waals surface area (Å²) >= 11 is 0. The van der Waals surface area contributed by atoms with Crippen LogP contribution in [-0.2, 0) is 22.6 Å². The van der Waals surface area contributed by atoms with E-state index in [0.29, 0.717) is 13.1 Å². The molecule has 2 aromatic carbocycles. The molecule has 0 unspecified atom stereocenters. The summed E-state index contributed by atoms with van der Waals surface area (Å²) < 4.78 is 5.31. The third-order valence-electron chi connectivity index (χ3n) is 5.33. The molecular weight excluding hydrogens is 376 g/mol. The van der Waals surface area contributed by atoms with Crippen molar-refractivity contribution in [2.75, 3.05) is 13.7 Å². The molecule has 0 saturated heterocycles. The number of carbonyl (C=O) groups excluding carboxylic acids is 2. The van der Waals surface area contributed by atoms with Crippen LogP contribution in [0.1, 0.15) is 48.9 Å². The highest BCUT2D eigenvalue weighted by atomic mass is 16.5. The first kappa shape index (κ1) is 23.5. The van der Waals surface area contributed by atoms with E-state index in [9.17, 15) is 9.59 Å². The second kappa shape index (κ2) is 11.4. The van der Waals surface area contributed by atoms with Crippen molar-refractivity contribution in [1.82, 2.24) is 10.2 Å². The molecule has 0 radical (unpaired) electrons. The van der Waals surface area contributed by atoms with E-state index in [-0.39, 0.29) is 18.2 Å². The lowest BCUT2D eigenvalue weighted by molar-refractivity contribution is -0.140. The number of methoxy groups -OCH3 is 1. The molecule has 2 rings (SSSR count). The van der Waals surface area contributed by atoms with Gasteiger partial charge in [-0.25, -0.2) is 0 Å². The van der Waals surface area contributed by atoms with Gasteiger partial charge in [-0.2, -0.15) is 0 Å². The number of aryl methyl sites for hydroxylation is 2. The van der Waals surface area contributed by atoms with Gasteiger partial charge in [0.25, 0.3) is 0 Å². The number of rotatable bonds is 10. The summed E-state index contributed by atoms with van der Waals surface area (Å²) in [5, 5.41) is 2.95. The maximum absolute atomic E-state index is 13.3. The van der Waals surface area contributed by atoms with Crippen LogP contribution in [0.15, 0.2) is 42.5 Å². The molecule has 0 aliphatic rings. The monoisotopic (exact) mass is 410 g/mol. The van der Waals surface area contributed by atoms with Crippen molar-refractivity contribution >= 4 is 11.8 Å². The van der Waals surface area contributed by atoms with Crippen molar-refractivity contribution in [2.45, 2.75) is 59.5 Å². The van der Waals surface area contributed by atoms with Gasteiger partial charge in [0.2, 0.25) is 11.8 Å². The van der Waals surface area contributed by atoms with E-state index in [1.165, 1.54) is 0 Å². The van der Waals surface area contributed by atoms with Gasteiger partial charge in [0.1, 0.15) is 11.8 Å². The van der Waals surface area contributed by atoms with Crippen LogP contribution in [0.4, 0.5) is 0 Å². The highest BCUT2D eigenvalue weighted by Gasteiger charge is 2.26.